The summed E-state index contributed by atoms with van der Waals surface area (Å²) in [5, 5.41) is 11.1. The lowest BCUT2D eigenvalue weighted by Crippen LogP contribution is -2.04. The number of hydrogen-bond acceptors (Lipinski definition) is 2. The number of fused-ring (bicyclic) bond motifs is 5. The zero-order valence-electron chi connectivity index (χ0n) is 11.2. The van der Waals surface area contributed by atoms with Crippen LogP contribution >= 0.6 is 0 Å². The molecule has 0 N–H and O–H groups in total. The molecule has 2 nitrogen and oxygen atoms in total. The van der Waals surface area contributed by atoms with E-state index in [1.165, 1.54) is 6.07 Å². The Balaban J connectivity index is 2.23. The van der Waals surface area contributed by atoms with E-state index in [1.807, 2.05) is 30.3 Å². The van der Waals surface area contributed by atoms with Crippen molar-refractivity contribution in [3.63, 3.8) is 0 Å². The molecule has 0 fully saturated rings. The Morgan fingerprint density at radius 1 is 0.727 bits per heavy atom. The molecule has 0 saturated heterocycles. The zero-order valence-corrected chi connectivity index (χ0v) is 11.2. The third-order valence-electron chi connectivity index (χ3n) is 3.77. The van der Waals surface area contributed by atoms with Crippen molar-refractivity contribution in [1.29, 1.82) is 0 Å². The fourth-order valence-electron chi connectivity index (χ4n) is 2.73. The second-order valence-electron chi connectivity index (χ2n) is 5.11. The van der Waals surface area contributed by atoms with E-state index in [1.54, 1.807) is 6.07 Å². The molecule has 3 aromatic carbocycles. The molecule has 22 heavy (non-hydrogen) atoms. The molecule has 4 aromatic rings. The van der Waals surface area contributed by atoms with Gasteiger partial charge in [0.25, 0.3) is 0 Å². The smallest absolute Gasteiger partial charge is 0.166 e. The number of benzene rings is 3. The summed E-state index contributed by atoms with van der Waals surface area (Å²) in [6.07, 6.45) is -4.38. The van der Waals surface area contributed by atoms with Gasteiger partial charge in [-0.25, -0.2) is 0 Å². The van der Waals surface area contributed by atoms with Gasteiger partial charge < -0.3 is 0 Å². The molecule has 0 amide bonds. The quantitative estimate of drug-likeness (QED) is 0.429. The molecule has 0 atom stereocenters. The summed E-state index contributed by atoms with van der Waals surface area (Å²) in [5.41, 5.74) is 0.365. The maximum Gasteiger partial charge on any atom is 0.416 e. The summed E-state index contributed by atoms with van der Waals surface area (Å²) >= 11 is 0. The van der Waals surface area contributed by atoms with Crippen LogP contribution in [0.25, 0.3) is 32.6 Å². The largest absolute Gasteiger partial charge is 0.416 e. The van der Waals surface area contributed by atoms with Crippen LogP contribution in [0.5, 0.6) is 0 Å². The number of nitrogens with zero attached hydrogens (tertiary/aromatic N) is 2. The lowest BCUT2D eigenvalue weighted by atomic mass is 10.0. The van der Waals surface area contributed by atoms with Crippen LogP contribution in [0.3, 0.4) is 0 Å². The van der Waals surface area contributed by atoms with E-state index < -0.39 is 11.7 Å². The van der Waals surface area contributed by atoms with Crippen LogP contribution in [-0.2, 0) is 6.18 Å². The van der Waals surface area contributed by atoms with Crippen LogP contribution in [-0.4, -0.2) is 10.2 Å². The van der Waals surface area contributed by atoms with Crippen molar-refractivity contribution in [2.24, 2.45) is 0 Å². The van der Waals surface area contributed by atoms with Crippen molar-refractivity contribution in [3.8, 4) is 0 Å². The second-order valence-corrected chi connectivity index (χ2v) is 5.11. The number of hydrogen-bond donors (Lipinski definition) is 0. The van der Waals surface area contributed by atoms with Crippen LogP contribution in [0.4, 0.5) is 13.2 Å². The van der Waals surface area contributed by atoms with E-state index in [2.05, 4.69) is 10.2 Å². The molecule has 0 bridgehead atoms. The Bertz CT molecular complexity index is 1020. The summed E-state index contributed by atoms with van der Waals surface area (Å²) in [5.74, 6) is 0. The summed E-state index contributed by atoms with van der Waals surface area (Å²) in [7, 11) is 0. The lowest BCUT2D eigenvalue weighted by Gasteiger charge is -2.10. The highest BCUT2D eigenvalue weighted by Gasteiger charge is 2.30. The molecule has 0 aliphatic heterocycles. The minimum absolute atomic E-state index is 0.455. The highest BCUT2D eigenvalue weighted by atomic mass is 19.4. The van der Waals surface area contributed by atoms with Gasteiger partial charge in [-0.15, -0.1) is 10.2 Å². The van der Waals surface area contributed by atoms with Crippen LogP contribution in [0.2, 0.25) is 0 Å². The standard InChI is InChI=1S/C17H9F3N2/c18-17(19,20)11-6-8-14-13(9-11)16-12-4-2-1-3-10(12)5-7-15(16)22-21-14/h1-9H. The van der Waals surface area contributed by atoms with Gasteiger partial charge in [-0.05, 0) is 35.0 Å². The maximum absolute atomic E-state index is 13.0. The third-order valence-corrected chi connectivity index (χ3v) is 3.77. The molecule has 0 radical (unpaired) electrons. The predicted molar refractivity (Wildman–Crippen MR) is 79.6 cm³/mol. The van der Waals surface area contributed by atoms with Gasteiger partial charge in [-0.2, -0.15) is 13.2 Å². The van der Waals surface area contributed by atoms with E-state index in [4.69, 9.17) is 0 Å². The molecule has 108 valence electrons. The first-order chi connectivity index (χ1) is 10.5. The van der Waals surface area contributed by atoms with Gasteiger partial charge in [-0.1, -0.05) is 30.3 Å². The van der Waals surface area contributed by atoms with Crippen molar-refractivity contribution in [1.82, 2.24) is 10.2 Å². The fraction of sp³-hybridized carbons (Fsp3) is 0.0588. The van der Waals surface area contributed by atoms with Crippen LogP contribution in [0, 0.1) is 0 Å². The Kier molecular flexibility index (Phi) is 2.60. The summed E-state index contributed by atoms with van der Waals surface area (Å²) in [4.78, 5) is 0. The van der Waals surface area contributed by atoms with Crippen molar-refractivity contribution >= 4 is 32.6 Å². The van der Waals surface area contributed by atoms with Gasteiger partial charge in [0.2, 0.25) is 0 Å². The van der Waals surface area contributed by atoms with E-state index in [0.717, 1.165) is 22.9 Å². The van der Waals surface area contributed by atoms with Crippen molar-refractivity contribution in [2.45, 2.75) is 6.18 Å². The van der Waals surface area contributed by atoms with Gasteiger partial charge in [0.1, 0.15) is 0 Å². The van der Waals surface area contributed by atoms with Crippen molar-refractivity contribution in [2.75, 3.05) is 0 Å². The van der Waals surface area contributed by atoms with E-state index in [9.17, 15) is 13.2 Å². The van der Waals surface area contributed by atoms with E-state index >= 15 is 0 Å². The normalized spacial score (nSPS) is 12.3. The van der Waals surface area contributed by atoms with Gasteiger partial charge >= 0.3 is 6.18 Å². The highest BCUT2D eigenvalue weighted by molar-refractivity contribution is 6.17. The number of aromatic nitrogens is 2. The molecule has 0 unspecified atom stereocenters. The monoisotopic (exact) mass is 298 g/mol. The van der Waals surface area contributed by atoms with Crippen LogP contribution in [0.15, 0.2) is 54.6 Å². The lowest BCUT2D eigenvalue weighted by molar-refractivity contribution is -0.137. The first kappa shape index (κ1) is 13.0. The van der Waals surface area contributed by atoms with Gasteiger partial charge in [0.15, 0.2) is 0 Å². The Labute approximate surface area is 123 Å². The first-order valence-corrected chi connectivity index (χ1v) is 6.69. The Hall–Kier alpha value is -2.69. The number of alkyl halides is 3. The molecular weight excluding hydrogens is 289 g/mol. The molecule has 5 heteroatoms. The minimum Gasteiger partial charge on any atom is -0.166 e. The third kappa shape index (κ3) is 1.89. The molecule has 1 aromatic heterocycles. The fourth-order valence-corrected chi connectivity index (χ4v) is 2.73. The zero-order chi connectivity index (χ0) is 15.3. The van der Waals surface area contributed by atoms with Crippen LogP contribution < -0.4 is 0 Å². The topological polar surface area (TPSA) is 25.8 Å². The Morgan fingerprint density at radius 2 is 1.45 bits per heavy atom. The predicted octanol–water partition coefficient (Wildman–Crippen LogP) is 4.96. The molecule has 0 aliphatic carbocycles. The number of halogens is 3. The summed E-state index contributed by atoms with van der Waals surface area (Å²) in [6, 6.07) is 14.8. The summed E-state index contributed by atoms with van der Waals surface area (Å²) < 4.78 is 39.0. The average molecular weight is 298 g/mol. The van der Waals surface area contributed by atoms with Crippen LogP contribution in [0.1, 0.15) is 5.56 Å². The molecule has 4 rings (SSSR count). The first-order valence-electron chi connectivity index (χ1n) is 6.69. The highest BCUT2D eigenvalue weighted by Crippen LogP contribution is 2.35. The molecular formula is C17H9F3N2. The molecule has 0 spiro atoms. The van der Waals surface area contributed by atoms with Gasteiger partial charge in [0.05, 0.1) is 16.6 Å². The van der Waals surface area contributed by atoms with E-state index in [-0.39, 0.29) is 0 Å². The molecule has 1 heterocycles. The summed E-state index contributed by atoms with van der Waals surface area (Å²) in [6.45, 7) is 0. The second kappa shape index (κ2) is 4.40. The minimum atomic E-state index is -4.38. The molecule has 0 aliphatic rings. The number of rotatable bonds is 0. The molecule has 0 saturated carbocycles. The van der Waals surface area contributed by atoms with E-state index in [0.29, 0.717) is 21.8 Å². The van der Waals surface area contributed by atoms with Crippen molar-refractivity contribution in [3.05, 3.63) is 60.2 Å². The van der Waals surface area contributed by atoms with Gasteiger partial charge in [-0.3, -0.25) is 0 Å². The van der Waals surface area contributed by atoms with Crippen molar-refractivity contribution < 1.29 is 13.2 Å². The Morgan fingerprint density at radius 3 is 2.27 bits per heavy atom. The average Bonchev–Trinajstić information content (AvgIpc) is 2.52. The van der Waals surface area contributed by atoms with Gasteiger partial charge in [0, 0.05) is 10.8 Å². The SMILES string of the molecule is FC(F)(F)c1ccc2nnc3ccc4ccccc4c3c2c1. The maximum atomic E-state index is 13.0.